The van der Waals surface area contributed by atoms with Crippen molar-refractivity contribution in [2.75, 3.05) is 20.9 Å². The molecule has 0 spiro atoms. The molecule has 0 radical (unpaired) electrons. The second-order valence-electron chi connectivity index (χ2n) is 10.3. The first-order valence-electron chi connectivity index (χ1n) is 14.9. The van der Waals surface area contributed by atoms with Crippen LogP contribution in [0.5, 0.6) is 11.5 Å². The summed E-state index contributed by atoms with van der Waals surface area (Å²) >= 11 is 0. The summed E-state index contributed by atoms with van der Waals surface area (Å²) in [5, 5.41) is -1.43. The molecule has 2 aromatic carbocycles. The number of hydrogen-bond acceptors (Lipinski definition) is 8. The number of nitrogens with zero attached hydrogens (tertiary/aromatic N) is 2. The van der Waals surface area contributed by atoms with E-state index in [0.717, 1.165) is 25.0 Å². The quantitative estimate of drug-likeness (QED) is 0.127. The molecule has 0 aliphatic rings. The van der Waals surface area contributed by atoms with E-state index in [1.54, 1.807) is 0 Å². The Morgan fingerprint density at radius 3 is 1.39 bits per heavy atom. The molecule has 0 saturated carbocycles. The van der Waals surface area contributed by atoms with Gasteiger partial charge < -0.3 is 27.9 Å². The highest BCUT2D eigenvalue weighted by Crippen LogP contribution is 2.37. The molecule has 4 aromatic rings. The molecule has 2 aromatic heterocycles. The molecule has 0 N–H and O–H groups in total. The molecule has 2 atom stereocenters. The van der Waals surface area contributed by atoms with Crippen LogP contribution in [-0.2, 0) is 9.31 Å². The normalized spacial score (nSPS) is 12.1. The van der Waals surface area contributed by atoms with Crippen molar-refractivity contribution in [1.82, 2.24) is 9.13 Å². The number of hydrogen-bond donors (Lipinski definition) is 0. The number of carbonyl (C=O) groups excluding carboxylic acids is 2. The molecule has 0 aliphatic carbocycles. The fraction of sp³-hybridized carbons (Fsp3) is 0.333. The van der Waals surface area contributed by atoms with E-state index in [1.165, 1.54) is 6.92 Å². The highest BCUT2D eigenvalue weighted by Gasteiger charge is 2.40. The second kappa shape index (κ2) is 18.1. The van der Waals surface area contributed by atoms with Crippen LogP contribution in [0.3, 0.4) is 0 Å². The Morgan fingerprint density at radius 2 is 1.07 bits per heavy atom. The lowest BCUT2D eigenvalue weighted by molar-refractivity contribution is -0.162. The molecular formula is C30H26B2F12N2O8. The van der Waals surface area contributed by atoms with Crippen LogP contribution in [0, 0.1) is 23.3 Å². The molecule has 0 fully saturated rings. The SMILES string of the molecule is CC.COc1c(F)c(F)cc2c(=O)c(C(=O)OB(F)F)cn(C(C)C(F)(F)F)c12.COc1c(F)c(F)cc2c(=O)c(C(=O)OB(F)F)cn(C(C)CF)c12. The molecule has 0 saturated heterocycles. The molecule has 0 aliphatic heterocycles. The van der Waals surface area contributed by atoms with Gasteiger partial charge in [-0.05, 0) is 26.0 Å². The van der Waals surface area contributed by atoms with E-state index in [1.807, 2.05) is 13.8 Å². The van der Waals surface area contributed by atoms with Gasteiger partial charge in [-0.3, -0.25) is 9.59 Å². The number of methoxy groups -OCH3 is 2. The second-order valence-corrected chi connectivity index (χ2v) is 10.3. The highest BCUT2D eigenvalue weighted by molar-refractivity contribution is 6.38. The average Bonchev–Trinajstić information content (AvgIpc) is 3.10. The van der Waals surface area contributed by atoms with Crippen molar-refractivity contribution in [1.29, 1.82) is 0 Å². The first-order valence-corrected chi connectivity index (χ1v) is 14.9. The van der Waals surface area contributed by atoms with E-state index in [9.17, 15) is 71.6 Å². The Kier molecular flexibility index (Phi) is 15.1. The predicted octanol–water partition coefficient (Wildman–Crippen LogP) is 7.42. The van der Waals surface area contributed by atoms with E-state index in [0.29, 0.717) is 13.0 Å². The monoisotopic (exact) mass is 792 g/mol. The molecule has 294 valence electrons. The van der Waals surface area contributed by atoms with Crippen LogP contribution >= 0.6 is 0 Å². The Balaban J connectivity index is 0.000000358. The lowest BCUT2D eigenvalue weighted by Gasteiger charge is -2.23. The fourth-order valence-corrected chi connectivity index (χ4v) is 4.70. The lowest BCUT2D eigenvalue weighted by Crippen LogP contribution is -2.29. The maximum Gasteiger partial charge on any atom is 0.798 e. The third-order valence-corrected chi connectivity index (χ3v) is 7.16. The third kappa shape index (κ3) is 9.24. The molecule has 2 unspecified atom stereocenters. The van der Waals surface area contributed by atoms with Crippen molar-refractivity contribution in [2.45, 2.75) is 46.0 Å². The van der Waals surface area contributed by atoms with Gasteiger partial charge in [-0.1, -0.05) is 13.8 Å². The Hall–Kier alpha value is -5.31. The first-order chi connectivity index (χ1) is 25.1. The van der Waals surface area contributed by atoms with Gasteiger partial charge in [0.2, 0.25) is 22.5 Å². The molecule has 10 nitrogen and oxygen atoms in total. The summed E-state index contributed by atoms with van der Waals surface area (Å²) in [4.78, 5) is 48.0. The zero-order valence-electron chi connectivity index (χ0n) is 28.5. The van der Waals surface area contributed by atoms with Crippen molar-refractivity contribution >= 4 is 48.7 Å². The highest BCUT2D eigenvalue weighted by atomic mass is 19.4. The summed E-state index contributed by atoms with van der Waals surface area (Å²) in [5.74, 6) is -11.5. The van der Waals surface area contributed by atoms with Crippen LogP contribution in [0.25, 0.3) is 21.8 Å². The molecular weight excluding hydrogens is 766 g/mol. The number of aromatic nitrogens is 2. The van der Waals surface area contributed by atoms with Gasteiger partial charge in [0.15, 0.2) is 23.1 Å². The largest absolute Gasteiger partial charge is 0.798 e. The molecule has 0 amide bonds. The Morgan fingerprint density at radius 1 is 0.722 bits per heavy atom. The fourth-order valence-electron chi connectivity index (χ4n) is 4.70. The van der Waals surface area contributed by atoms with E-state index >= 15 is 0 Å². The van der Waals surface area contributed by atoms with Crippen molar-refractivity contribution < 1.29 is 80.8 Å². The van der Waals surface area contributed by atoms with E-state index in [2.05, 4.69) is 14.0 Å². The van der Waals surface area contributed by atoms with Crippen molar-refractivity contribution in [3.63, 3.8) is 0 Å². The Bertz CT molecular complexity index is 2150. The van der Waals surface area contributed by atoms with Crippen LogP contribution in [0.2, 0.25) is 0 Å². The first kappa shape index (κ1) is 44.8. The smallest absolute Gasteiger partial charge is 0.491 e. The minimum Gasteiger partial charge on any atom is -0.491 e. The van der Waals surface area contributed by atoms with Gasteiger partial charge in [-0.25, -0.2) is 40.0 Å². The summed E-state index contributed by atoms with van der Waals surface area (Å²) in [6.45, 7) is 4.89. The number of rotatable bonds is 9. The van der Waals surface area contributed by atoms with Crippen LogP contribution in [-0.4, -0.2) is 63.1 Å². The van der Waals surface area contributed by atoms with Crippen molar-refractivity contribution in [2.24, 2.45) is 0 Å². The number of carbonyl (C=O) groups is 2. The standard InChI is InChI=1S/C14H9BF7NO4.C14H11BF5NO4.C2H6/c1-5(14(18,19)20)23-4-7(13(25)27-15(21)22)11(24)6-3-8(16)9(17)12(26-2)10(6)23;1-6(4-16)21-5-8(14(23)25-15(19)20)12(22)7-3-9(17)10(18)13(24-2)11(7)21;1-2/h3-5H,1-2H3;3,5-6H,4H2,1-2H3;1-2H3. The Labute approximate surface area is 296 Å². The lowest BCUT2D eigenvalue weighted by atomic mass is 10.1. The van der Waals surface area contributed by atoms with Gasteiger partial charge in [-0.15, -0.1) is 0 Å². The molecule has 2 heterocycles. The van der Waals surface area contributed by atoms with Gasteiger partial charge >= 0.3 is 33.1 Å². The maximum absolute atomic E-state index is 13.9. The number of halogens is 12. The van der Waals surface area contributed by atoms with Gasteiger partial charge in [0, 0.05) is 12.4 Å². The minimum atomic E-state index is -4.96. The minimum absolute atomic E-state index is 0.208. The average molecular weight is 792 g/mol. The summed E-state index contributed by atoms with van der Waals surface area (Å²) in [6, 6.07) is -2.78. The summed E-state index contributed by atoms with van der Waals surface area (Å²) in [5.41, 5.74) is -5.82. The van der Waals surface area contributed by atoms with Gasteiger partial charge in [-0.2, -0.15) is 22.0 Å². The molecule has 24 heteroatoms. The molecule has 54 heavy (non-hydrogen) atoms. The number of alkyl halides is 4. The summed E-state index contributed by atoms with van der Waals surface area (Å²) in [7, 11) is -5.32. The summed E-state index contributed by atoms with van der Waals surface area (Å²) in [6.07, 6.45) is -3.92. The summed E-state index contributed by atoms with van der Waals surface area (Å²) < 4.78 is 175. The molecule has 0 bridgehead atoms. The predicted molar refractivity (Wildman–Crippen MR) is 169 cm³/mol. The van der Waals surface area contributed by atoms with E-state index in [-0.39, 0.29) is 22.3 Å². The zero-order chi connectivity index (χ0) is 41.6. The van der Waals surface area contributed by atoms with E-state index in [4.69, 9.17) is 4.74 Å². The maximum atomic E-state index is 13.9. The van der Waals surface area contributed by atoms with Gasteiger partial charge in [0.05, 0.1) is 42.1 Å². The molecule has 4 rings (SSSR count). The van der Waals surface area contributed by atoms with Gasteiger partial charge in [0.1, 0.15) is 23.8 Å². The number of fused-ring (bicyclic) bond motifs is 2. The van der Waals surface area contributed by atoms with Crippen molar-refractivity contribution in [3.8, 4) is 11.5 Å². The van der Waals surface area contributed by atoms with Crippen LogP contribution in [0.1, 0.15) is 60.5 Å². The zero-order valence-corrected chi connectivity index (χ0v) is 28.5. The number of ether oxygens (including phenoxy) is 2. The van der Waals surface area contributed by atoms with Crippen molar-refractivity contribution in [3.05, 3.63) is 79.4 Å². The van der Waals surface area contributed by atoms with Crippen LogP contribution in [0.15, 0.2) is 34.1 Å². The number of pyridine rings is 2. The number of benzene rings is 2. The van der Waals surface area contributed by atoms with E-state index < -0.39 is 125 Å². The van der Waals surface area contributed by atoms with Crippen LogP contribution in [0.4, 0.5) is 52.4 Å². The third-order valence-electron chi connectivity index (χ3n) is 7.16. The topological polar surface area (TPSA) is 115 Å². The van der Waals surface area contributed by atoms with Crippen LogP contribution < -0.4 is 20.3 Å². The van der Waals surface area contributed by atoms with Gasteiger partial charge in [0.25, 0.3) is 0 Å².